The zero-order valence-electron chi connectivity index (χ0n) is 11.1. The molecular formula is C16H15Cl2NO. The van der Waals surface area contributed by atoms with Gasteiger partial charge in [0, 0.05) is 16.5 Å². The molecule has 0 radical (unpaired) electrons. The van der Waals surface area contributed by atoms with Crippen LogP contribution in [0.4, 0.5) is 0 Å². The third-order valence-corrected chi connectivity index (χ3v) is 3.72. The third-order valence-electron chi connectivity index (χ3n) is 3.06. The molecule has 0 unspecified atom stereocenters. The van der Waals surface area contributed by atoms with Crippen molar-refractivity contribution in [2.24, 2.45) is 0 Å². The molecule has 0 aliphatic carbocycles. The molecule has 0 bridgehead atoms. The van der Waals surface area contributed by atoms with Crippen LogP contribution < -0.4 is 5.32 Å². The van der Waals surface area contributed by atoms with E-state index in [-0.39, 0.29) is 11.9 Å². The number of benzene rings is 2. The summed E-state index contributed by atoms with van der Waals surface area (Å²) in [7, 11) is 0. The molecule has 4 heteroatoms. The van der Waals surface area contributed by atoms with Crippen molar-refractivity contribution >= 4 is 29.1 Å². The van der Waals surface area contributed by atoms with Gasteiger partial charge < -0.3 is 5.32 Å². The highest BCUT2D eigenvalue weighted by Gasteiger charge is 2.13. The lowest BCUT2D eigenvalue weighted by atomic mass is 10.1. The lowest BCUT2D eigenvalue weighted by Gasteiger charge is -2.16. The first kappa shape index (κ1) is 14.9. The molecule has 0 aromatic heterocycles. The van der Waals surface area contributed by atoms with E-state index in [0.717, 1.165) is 11.1 Å². The summed E-state index contributed by atoms with van der Waals surface area (Å²) < 4.78 is 0. The van der Waals surface area contributed by atoms with E-state index in [1.165, 1.54) is 0 Å². The maximum Gasteiger partial charge on any atom is 0.251 e. The van der Waals surface area contributed by atoms with Crippen molar-refractivity contribution in [2.45, 2.75) is 18.8 Å². The molecule has 0 saturated heterocycles. The largest absolute Gasteiger partial charge is 0.345 e. The fourth-order valence-electron chi connectivity index (χ4n) is 1.98. The predicted octanol–water partition coefficient (Wildman–Crippen LogP) is 4.57. The molecule has 1 amide bonds. The van der Waals surface area contributed by atoms with Crippen LogP contribution in [-0.4, -0.2) is 5.91 Å². The number of halogens is 2. The van der Waals surface area contributed by atoms with E-state index in [4.69, 9.17) is 23.2 Å². The van der Waals surface area contributed by atoms with E-state index in [0.29, 0.717) is 16.5 Å². The number of hydrogen-bond donors (Lipinski definition) is 1. The molecule has 0 aliphatic rings. The molecule has 0 aliphatic heterocycles. The topological polar surface area (TPSA) is 29.1 Å². The van der Waals surface area contributed by atoms with Crippen molar-refractivity contribution < 1.29 is 4.79 Å². The maximum absolute atomic E-state index is 12.2. The highest BCUT2D eigenvalue weighted by Crippen LogP contribution is 2.22. The Morgan fingerprint density at radius 1 is 1.20 bits per heavy atom. The quantitative estimate of drug-likeness (QED) is 0.824. The molecule has 1 N–H and O–H groups in total. The van der Waals surface area contributed by atoms with E-state index >= 15 is 0 Å². The SMILES string of the molecule is C[C@@H](NC(=O)c1cccc(CCl)c1)c1ccccc1Cl. The molecule has 2 aromatic rings. The molecular weight excluding hydrogens is 293 g/mol. The number of nitrogens with one attached hydrogen (secondary N) is 1. The fourth-order valence-corrected chi connectivity index (χ4v) is 2.45. The Morgan fingerprint density at radius 2 is 1.95 bits per heavy atom. The predicted molar refractivity (Wildman–Crippen MR) is 83.3 cm³/mol. The molecule has 0 spiro atoms. The van der Waals surface area contributed by atoms with E-state index in [1.807, 2.05) is 43.3 Å². The second kappa shape index (κ2) is 6.78. The molecule has 20 heavy (non-hydrogen) atoms. The number of hydrogen-bond acceptors (Lipinski definition) is 1. The van der Waals surface area contributed by atoms with Crippen LogP contribution >= 0.6 is 23.2 Å². The average molecular weight is 308 g/mol. The van der Waals surface area contributed by atoms with Gasteiger partial charge in [-0.2, -0.15) is 0 Å². The van der Waals surface area contributed by atoms with Crippen molar-refractivity contribution in [1.82, 2.24) is 5.32 Å². The zero-order valence-corrected chi connectivity index (χ0v) is 12.6. The zero-order chi connectivity index (χ0) is 14.5. The first-order valence-electron chi connectivity index (χ1n) is 6.32. The van der Waals surface area contributed by atoms with Crippen LogP contribution in [0.25, 0.3) is 0 Å². The lowest BCUT2D eigenvalue weighted by Crippen LogP contribution is -2.26. The summed E-state index contributed by atoms with van der Waals surface area (Å²) in [6.45, 7) is 1.91. The van der Waals surface area contributed by atoms with Crippen LogP contribution in [0.5, 0.6) is 0 Å². The van der Waals surface area contributed by atoms with Gasteiger partial charge in [0.1, 0.15) is 0 Å². The van der Waals surface area contributed by atoms with Crippen molar-refractivity contribution in [3.05, 3.63) is 70.2 Å². The van der Waals surface area contributed by atoms with Gasteiger partial charge in [-0.05, 0) is 36.2 Å². The molecule has 1 atom stereocenters. The summed E-state index contributed by atoms with van der Waals surface area (Å²) in [4.78, 5) is 12.2. The fraction of sp³-hybridized carbons (Fsp3) is 0.188. The van der Waals surface area contributed by atoms with E-state index in [9.17, 15) is 4.79 Å². The Labute approximate surface area is 128 Å². The van der Waals surface area contributed by atoms with Crippen LogP contribution in [0.15, 0.2) is 48.5 Å². The highest BCUT2D eigenvalue weighted by molar-refractivity contribution is 6.31. The molecule has 104 valence electrons. The highest BCUT2D eigenvalue weighted by atomic mass is 35.5. The Bertz CT molecular complexity index is 613. The summed E-state index contributed by atoms with van der Waals surface area (Å²) in [5.74, 6) is 0.255. The van der Waals surface area contributed by atoms with E-state index in [2.05, 4.69) is 5.32 Å². The van der Waals surface area contributed by atoms with Crippen molar-refractivity contribution in [2.75, 3.05) is 0 Å². The number of carbonyl (C=O) groups is 1. The number of alkyl halides is 1. The maximum atomic E-state index is 12.2. The Morgan fingerprint density at radius 3 is 2.65 bits per heavy atom. The van der Waals surface area contributed by atoms with Gasteiger partial charge in [-0.15, -0.1) is 11.6 Å². The smallest absolute Gasteiger partial charge is 0.251 e. The number of amides is 1. The third kappa shape index (κ3) is 3.53. The lowest BCUT2D eigenvalue weighted by molar-refractivity contribution is 0.0940. The first-order valence-corrected chi connectivity index (χ1v) is 7.23. The van der Waals surface area contributed by atoms with Gasteiger partial charge in [-0.1, -0.05) is 41.9 Å². The monoisotopic (exact) mass is 307 g/mol. The van der Waals surface area contributed by atoms with Gasteiger partial charge >= 0.3 is 0 Å². The summed E-state index contributed by atoms with van der Waals surface area (Å²) in [5, 5.41) is 3.59. The summed E-state index contributed by atoms with van der Waals surface area (Å²) in [5.41, 5.74) is 2.42. The van der Waals surface area contributed by atoms with Crippen LogP contribution in [-0.2, 0) is 5.88 Å². The minimum Gasteiger partial charge on any atom is -0.345 e. The first-order chi connectivity index (χ1) is 9.61. The van der Waals surface area contributed by atoms with Crippen LogP contribution in [0.1, 0.15) is 34.5 Å². The number of rotatable bonds is 4. The van der Waals surface area contributed by atoms with Crippen LogP contribution in [0.3, 0.4) is 0 Å². The van der Waals surface area contributed by atoms with Gasteiger partial charge in [-0.3, -0.25) is 4.79 Å². The van der Waals surface area contributed by atoms with Gasteiger partial charge in [0.25, 0.3) is 5.91 Å². The number of carbonyl (C=O) groups excluding carboxylic acids is 1. The molecule has 2 nitrogen and oxygen atoms in total. The van der Waals surface area contributed by atoms with E-state index in [1.54, 1.807) is 12.1 Å². The summed E-state index contributed by atoms with van der Waals surface area (Å²) >= 11 is 11.9. The molecule has 0 heterocycles. The Hall–Kier alpha value is -1.51. The van der Waals surface area contributed by atoms with Gasteiger partial charge in [0.05, 0.1) is 6.04 Å². The van der Waals surface area contributed by atoms with Gasteiger partial charge in [0.2, 0.25) is 0 Å². The molecule has 2 aromatic carbocycles. The minimum absolute atomic E-state index is 0.135. The summed E-state index contributed by atoms with van der Waals surface area (Å²) in [6, 6.07) is 14.6. The van der Waals surface area contributed by atoms with Gasteiger partial charge in [0.15, 0.2) is 0 Å². The second-order valence-corrected chi connectivity index (χ2v) is 5.23. The Balaban J connectivity index is 2.13. The molecule has 0 saturated carbocycles. The van der Waals surface area contributed by atoms with Crippen molar-refractivity contribution in [1.29, 1.82) is 0 Å². The standard InChI is InChI=1S/C16H15Cl2NO/c1-11(14-7-2-3-8-15(14)18)19-16(20)13-6-4-5-12(9-13)10-17/h2-9,11H,10H2,1H3,(H,19,20)/t11-/m1/s1. The Kier molecular flexibility index (Phi) is 5.05. The van der Waals surface area contributed by atoms with Crippen molar-refractivity contribution in [3.63, 3.8) is 0 Å². The minimum atomic E-state index is -0.157. The second-order valence-electron chi connectivity index (χ2n) is 4.55. The molecule has 0 fully saturated rings. The molecule has 2 rings (SSSR count). The summed E-state index contributed by atoms with van der Waals surface area (Å²) in [6.07, 6.45) is 0. The van der Waals surface area contributed by atoms with E-state index < -0.39 is 0 Å². The van der Waals surface area contributed by atoms with Crippen LogP contribution in [0, 0.1) is 0 Å². The van der Waals surface area contributed by atoms with Crippen LogP contribution in [0.2, 0.25) is 5.02 Å². The normalized spacial score (nSPS) is 11.9. The van der Waals surface area contributed by atoms with Crippen molar-refractivity contribution in [3.8, 4) is 0 Å². The average Bonchev–Trinajstić information content (AvgIpc) is 2.47. The van der Waals surface area contributed by atoms with Gasteiger partial charge in [-0.25, -0.2) is 0 Å².